The van der Waals surface area contributed by atoms with Gasteiger partial charge in [-0.3, -0.25) is 4.79 Å². The molecule has 106 valence electrons. The van der Waals surface area contributed by atoms with E-state index in [0.29, 0.717) is 32.5 Å². The summed E-state index contributed by atoms with van der Waals surface area (Å²) < 4.78 is 23.4. The van der Waals surface area contributed by atoms with Crippen LogP contribution in [0.2, 0.25) is 0 Å². The molecule has 1 aliphatic rings. The quantitative estimate of drug-likeness (QED) is 0.544. The van der Waals surface area contributed by atoms with E-state index >= 15 is 0 Å². The number of aliphatic hydroxyl groups excluding tert-OH is 1. The minimum atomic E-state index is -3.25. The summed E-state index contributed by atoms with van der Waals surface area (Å²) in [6, 6.07) is 0. The molecule has 1 saturated heterocycles. The van der Waals surface area contributed by atoms with Crippen molar-refractivity contribution in [1.29, 1.82) is 0 Å². The van der Waals surface area contributed by atoms with Crippen LogP contribution < -0.4 is 10.6 Å². The van der Waals surface area contributed by atoms with Gasteiger partial charge >= 0.3 is 0 Å². The Bertz CT molecular complexity index is 367. The molecule has 0 aromatic carbocycles. The lowest BCUT2D eigenvalue weighted by molar-refractivity contribution is -0.120. The summed E-state index contributed by atoms with van der Waals surface area (Å²) in [6.07, 6.45) is 1.44. The van der Waals surface area contributed by atoms with Gasteiger partial charge in [-0.15, -0.1) is 0 Å². The van der Waals surface area contributed by atoms with Gasteiger partial charge in [0.2, 0.25) is 5.91 Å². The van der Waals surface area contributed by atoms with E-state index in [1.54, 1.807) is 6.92 Å². The highest BCUT2D eigenvalue weighted by atomic mass is 32.2. The van der Waals surface area contributed by atoms with Gasteiger partial charge in [0.25, 0.3) is 0 Å². The van der Waals surface area contributed by atoms with Gasteiger partial charge in [-0.25, -0.2) is 8.42 Å². The van der Waals surface area contributed by atoms with E-state index in [2.05, 4.69) is 10.6 Å². The lowest BCUT2D eigenvalue weighted by atomic mass is 10.2. The maximum Gasteiger partial charge on any atom is 0.238 e. The average molecular weight is 278 g/mol. The zero-order valence-electron chi connectivity index (χ0n) is 10.7. The standard InChI is InChI=1S/C11H22N2O4S/c1-9(14)8-12-5-6-13-11(15)10-4-2-3-7-18(10,16)17/h9-10,12,14H,2-8H2,1H3,(H,13,15). The Labute approximate surface area is 108 Å². The average Bonchev–Trinajstić information content (AvgIpc) is 2.27. The molecular formula is C11H22N2O4S. The van der Waals surface area contributed by atoms with E-state index in [0.717, 1.165) is 6.42 Å². The van der Waals surface area contributed by atoms with Crippen LogP contribution in [0.4, 0.5) is 0 Å². The lowest BCUT2D eigenvalue weighted by Gasteiger charge is -2.21. The Kier molecular flexibility index (Phi) is 6.04. The van der Waals surface area contributed by atoms with Crippen molar-refractivity contribution in [1.82, 2.24) is 10.6 Å². The Morgan fingerprint density at radius 2 is 2.11 bits per heavy atom. The number of carbonyl (C=O) groups excluding carboxylic acids is 1. The molecule has 0 aromatic heterocycles. The molecule has 7 heteroatoms. The van der Waals surface area contributed by atoms with Crippen molar-refractivity contribution in [3.63, 3.8) is 0 Å². The number of aliphatic hydroxyl groups is 1. The molecule has 0 aromatic rings. The molecule has 6 nitrogen and oxygen atoms in total. The first-order valence-corrected chi connectivity index (χ1v) is 8.03. The second-order valence-corrected chi connectivity index (χ2v) is 7.00. The number of hydrogen-bond donors (Lipinski definition) is 3. The molecule has 1 aliphatic heterocycles. The predicted molar refractivity (Wildman–Crippen MR) is 69.0 cm³/mol. The van der Waals surface area contributed by atoms with E-state index in [9.17, 15) is 13.2 Å². The molecule has 0 bridgehead atoms. The summed E-state index contributed by atoms with van der Waals surface area (Å²) in [4.78, 5) is 11.7. The molecule has 3 N–H and O–H groups in total. The Morgan fingerprint density at radius 3 is 2.72 bits per heavy atom. The highest BCUT2D eigenvalue weighted by Crippen LogP contribution is 2.19. The van der Waals surface area contributed by atoms with E-state index < -0.39 is 27.1 Å². The lowest BCUT2D eigenvalue weighted by Crippen LogP contribution is -2.44. The maximum absolute atomic E-state index is 11.7. The normalized spacial score (nSPS) is 24.4. The zero-order chi connectivity index (χ0) is 13.6. The van der Waals surface area contributed by atoms with Crippen LogP contribution in [-0.4, -0.2) is 56.2 Å². The number of nitrogens with one attached hydrogen (secondary N) is 2. The first-order valence-electron chi connectivity index (χ1n) is 6.31. The number of rotatable bonds is 6. The maximum atomic E-state index is 11.7. The molecule has 0 aliphatic carbocycles. The van der Waals surface area contributed by atoms with Crippen molar-refractivity contribution >= 4 is 15.7 Å². The summed E-state index contributed by atoms with van der Waals surface area (Å²) in [7, 11) is -3.25. The summed E-state index contributed by atoms with van der Waals surface area (Å²) in [5.74, 6) is -0.278. The summed E-state index contributed by atoms with van der Waals surface area (Å²) >= 11 is 0. The smallest absolute Gasteiger partial charge is 0.238 e. The molecule has 1 heterocycles. The predicted octanol–water partition coefficient (Wildman–Crippen LogP) is -0.960. The van der Waals surface area contributed by atoms with Crippen molar-refractivity contribution in [2.24, 2.45) is 0 Å². The van der Waals surface area contributed by atoms with Crippen molar-refractivity contribution in [2.75, 3.05) is 25.4 Å². The van der Waals surface area contributed by atoms with Crippen LogP contribution in [-0.2, 0) is 14.6 Å². The van der Waals surface area contributed by atoms with Crippen LogP contribution >= 0.6 is 0 Å². The van der Waals surface area contributed by atoms with Crippen molar-refractivity contribution in [2.45, 2.75) is 37.5 Å². The number of sulfone groups is 1. The SMILES string of the molecule is CC(O)CNCCNC(=O)C1CCCCS1(=O)=O. The van der Waals surface area contributed by atoms with Crippen LogP contribution in [0.1, 0.15) is 26.2 Å². The molecule has 2 unspecified atom stereocenters. The van der Waals surface area contributed by atoms with Crippen LogP contribution in [0.3, 0.4) is 0 Å². The number of amides is 1. The third-order valence-corrected chi connectivity index (χ3v) is 5.09. The molecule has 1 fully saturated rings. The molecule has 18 heavy (non-hydrogen) atoms. The summed E-state index contributed by atoms with van der Waals surface area (Å²) in [5, 5.41) is 13.7. The Hall–Kier alpha value is -0.660. The topological polar surface area (TPSA) is 95.5 Å². The van der Waals surface area contributed by atoms with Gasteiger partial charge in [0, 0.05) is 19.6 Å². The summed E-state index contributed by atoms with van der Waals surface area (Å²) in [6.45, 7) is 3.01. The largest absolute Gasteiger partial charge is 0.392 e. The highest BCUT2D eigenvalue weighted by molar-refractivity contribution is 7.92. The Balaban J connectivity index is 2.28. The number of carbonyl (C=O) groups is 1. The van der Waals surface area contributed by atoms with E-state index in [1.807, 2.05) is 0 Å². The molecule has 1 rings (SSSR count). The molecular weight excluding hydrogens is 256 g/mol. The first-order chi connectivity index (χ1) is 8.43. The van der Waals surface area contributed by atoms with Gasteiger partial charge in [0.05, 0.1) is 11.9 Å². The van der Waals surface area contributed by atoms with Gasteiger partial charge in [-0.05, 0) is 19.8 Å². The second kappa shape index (κ2) is 7.06. The van der Waals surface area contributed by atoms with Gasteiger partial charge in [-0.1, -0.05) is 6.42 Å². The third-order valence-electron chi connectivity index (χ3n) is 2.91. The number of hydrogen-bond acceptors (Lipinski definition) is 5. The van der Waals surface area contributed by atoms with Crippen molar-refractivity contribution in [3.8, 4) is 0 Å². The van der Waals surface area contributed by atoms with E-state index in [4.69, 9.17) is 5.11 Å². The monoisotopic (exact) mass is 278 g/mol. The summed E-state index contributed by atoms with van der Waals surface area (Å²) in [5.41, 5.74) is 0. The van der Waals surface area contributed by atoms with Crippen LogP contribution in [0, 0.1) is 0 Å². The van der Waals surface area contributed by atoms with Crippen LogP contribution in [0.15, 0.2) is 0 Å². The third kappa shape index (κ3) is 4.91. The second-order valence-electron chi connectivity index (χ2n) is 4.70. The zero-order valence-corrected chi connectivity index (χ0v) is 11.5. The molecule has 0 radical (unpaired) electrons. The van der Waals surface area contributed by atoms with E-state index in [-0.39, 0.29) is 5.75 Å². The molecule has 0 saturated carbocycles. The first kappa shape index (κ1) is 15.4. The Morgan fingerprint density at radius 1 is 1.39 bits per heavy atom. The highest BCUT2D eigenvalue weighted by Gasteiger charge is 2.34. The fourth-order valence-corrected chi connectivity index (χ4v) is 3.77. The van der Waals surface area contributed by atoms with Gasteiger partial charge in [0.15, 0.2) is 9.84 Å². The fourth-order valence-electron chi connectivity index (χ4n) is 1.95. The van der Waals surface area contributed by atoms with Crippen molar-refractivity contribution < 1.29 is 18.3 Å². The molecule has 2 atom stereocenters. The minimum absolute atomic E-state index is 0.116. The van der Waals surface area contributed by atoms with Gasteiger partial charge < -0.3 is 15.7 Å². The van der Waals surface area contributed by atoms with E-state index in [1.165, 1.54) is 0 Å². The van der Waals surface area contributed by atoms with Gasteiger partial charge in [-0.2, -0.15) is 0 Å². The van der Waals surface area contributed by atoms with Crippen LogP contribution in [0.25, 0.3) is 0 Å². The molecule has 0 spiro atoms. The minimum Gasteiger partial charge on any atom is -0.392 e. The van der Waals surface area contributed by atoms with Crippen LogP contribution in [0.5, 0.6) is 0 Å². The van der Waals surface area contributed by atoms with Crippen molar-refractivity contribution in [3.05, 3.63) is 0 Å². The van der Waals surface area contributed by atoms with Gasteiger partial charge in [0.1, 0.15) is 5.25 Å². The molecule has 1 amide bonds. The fraction of sp³-hybridized carbons (Fsp3) is 0.909.